The van der Waals surface area contributed by atoms with Gasteiger partial charge in [0, 0.05) is 12.2 Å². The van der Waals surface area contributed by atoms with E-state index < -0.39 is 0 Å². The number of rotatable bonds is 6. The highest BCUT2D eigenvalue weighted by Gasteiger charge is 2.14. The molecule has 1 aromatic rings. The second kappa shape index (κ2) is 6.76. The molecule has 100 valence electrons. The van der Waals surface area contributed by atoms with Crippen molar-refractivity contribution in [2.75, 3.05) is 13.2 Å². The molecule has 0 spiro atoms. The minimum atomic E-state index is 0.0305. The summed E-state index contributed by atoms with van der Waals surface area (Å²) < 4.78 is 11.4. The summed E-state index contributed by atoms with van der Waals surface area (Å²) in [7, 11) is 0. The fourth-order valence-electron chi connectivity index (χ4n) is 2.40. The minimum absolute atomic E-state index is 0.0305. The van der Waals surface area contributed by atoms with Crippen molar-refractivity contribution in [3.63, 3.8) is 0 Å². The molecule has 0 saturated carbocycles. The van der Waals surface area contributed by atoms with E-state index in [9.17, 15) is 5.11 Å². The summed E-state index contributed by atoms with van der Waals surface area (Å²) >= 11 is 0. The Hall–Kier alpha value is -1.06. The third kappa shape index (κ3) is 3.47. The fraction of sp³-hybridized carbons (Fsp3) is 0.600. The molecule has 1 unspecified atom stereocenters. The molecule has 1 atom stereocenters. The molecule has 1 saturated heterocycles. The molecule has 0 radical (unpaired) electrons. The van der Waals surface area contributed by atoms with Crippen LogP contribution in [-0.2, 0) is 11.3 Å². The van der Waals surface area contributed by atoms with Crippen LogP contribution in [0.3, 0.4) is 0 Å². The van der Waals surface area contributed by atoms with E-state index in [1.54, 1.807) is 0 Å². The predicted octanol–water partition coefficient (Wildman–Crippen LogP) is 2.83. The molecule has 2 rings (SSSR count). The van der Waals surface area contributed by atoms with E-state index >= 15 is 0 Å². The highest BCUT2D eigenvalue weighted by molar-refractivity contribution is 5.40. The zero-order valence-corrected chi connectivity index (χ0v) is 11.0. The van der Waals surface area contributed by atoms with Crippen LogP contribution in [0.1, 0.15) is 36.8 Å². The Morgan fingerprint density at radius 3 is 3.06 bits per heavy atom. The Kier molecular flexibility index (Phi) is 5.02. The van der Waals surface area contributed by atoms with Crippen molar-refractivity contribution in [2.24, 2.45) is 0 Å². The van der Waals surface area contributed by atoms with Gasteiger partial charge in [-0.2, -0.15) is 0 Å². The van der Waals surface area contributed by atoms with Gasteiger partial charge < -0.3 is 14.6 Å². The number of benzene rings is 1. The first-order valence-electron chi connectivity index (χ1n) is 6.75. The third-order valence-corrected chi connectivity index (χ3v) is 3.40. The number of aliphatic hydroxyl groups is 1. The maximum atomic E-state index is 9.27. The second-order valence-corrected chi connectivity index (χ2v) is 4.85. The normalized spacial score (nSPS) is 19.1. The van der Waals surface area contributed by atoms with E-state index in [1.807, 2.05) is 25.1 Å². The van der Waals surface area contributed by atoms with Gasteiger partial charge in [-0.1, -0.05) is 18.2 Å². The molecule has 1 heterocycles. The molecular weight excluding hydrogens is 228 g/mol. The quantitative estimate of drug-likeness (QED) is 0.789. The lowest BCUT2D eigenvalue weighted by atomic mass is 10.1. The summed E-state index contributed by atoms with van der Waals surface area (Å²) in [6, 6.07) is 5.86. The molecule has 0 aromatic heterocycles. The molecule has 0 amide bonds. The van der Waals surface area contributed by atoms with Crippen molar-refractivity contribution < 1.29 is 14.6 Å². The van der Waals surface area contributed by atoms with Crippen LogP contribution < -0.4 is 4.74 Å². The molecule has 0 bridgehead atoms. The number of ether oxygens (including phenoxy) is 2. The van der Waals surface area contributed by atoms with Crippen molar-refractivity contribution in [1.82, 2.24) is 0 Å². The number of hydrogen-bond donors (Lipinski definition) is 1. The highest BCUT2D eigenvalue weighted by atomic mass is 16.5. The summed E-state index contributed by atoms with van der Waals surface area (Å²) in [5.74, 6) is 0.840. The van der Waals surface area contributed by atoms with Crippen LogP contribution in [0, 0.1) is 6.92 Å². The van der Waals surface area contributed by atoms with Crippen LogP contribution in [0.2, 0.25) is 0 Å². The van der Waals surface area contributed by atoms with E-state index in [-0.39, 0.29) is 6.61 Å². The van der Waals surface area contributed by atoms with Crippen molar-refractivity contribution in [3.05, 3.63) is 29.3 Å². The zero-order chi connectivity index (χ0) is 12.8. The molecule has 0 aliphatic carbocycles. The van der Waals surface area contributed by atoms with Crippen molar-refractivity contribution in [2.45, 2.75) is 45.3 Å². The van der Waals surface area contributed by atoms with Gasteiger partial charge in [0.2, 0.25) is 0 Å². The van der Waals surface area contributed by atoms with E-state index in [0.717, 1.165) is 36.3 Å². The van der Waals surface area contributed by atoms with E-state index in [4.69, 9.17) is 9.47 Å². The maximum Gasteiger partial charge on any atom is 0.127 e. The van der Waals surface area contributed by atoms with E-state index in [1.165, 1.54) is 12.8 Å². The number of aliphatic hydroxyl groups excluding tert-OH is 1. The zero-order valence-electron chi connectivity index (χ0n) is 11.0. The molecule has 3 heteroatoms. The average Bonchev–Trinajstić information content (AvgIpc) is 2.89. The first-order chi connectivity index (χ1) is 8.81. The number of aryl methyl sites for hydroxylation is 1. The van der Waals surface area contributed by atoms with Gasteiger partial charge in [-0.3, -0.25) is 0 Å². The van der Waals surface area contributed by atoms with Crippen LogP contribution in [0.4, 0.5) is 0 Å². The highest BCUT2D eigenvalue weighted by Crippen LogP contribution is 2.24. The Labute approximate surface area is 109 Å². The number of hydrogen-bond acceptors (Lipinski definition) is 3. The SMILES string of the molecule is Cc1cccc(CO)c1OCCCC1CCCO1. The molecular formula is C15H22O3. The average molecular weight is 250 g/mol. The van der Waals surface area contributed by atoms with Crippen LogP contribution >= 0.6 is 0 Å². The Balaban J connectivity index is 1.78. The van der Waals surface area contributed by atoms with Gasteiger partial charge in [-0.25, -0.2) is 0 Å². The van der Waals surface area contributed by atoms with Gasteiger partial charge in [0.15, 0.2) is 0 Å². The standard InChI is InChI=1S/C15H22O3/c1-12-5-2-6-13(11-16)15(12)18-10-4-8-14-7-3-9-17-14/h2,5-6,14,16H,3-4,7-11H2,1H3. The molecule has 1 aliphatic rings. The summed E-state index contributed by atoms with van der Waals surface area (Å²) in [5.41, 5.74) is 1.95. The smallest absolute Gasteiger partial charge is 0.127 e. The molecule has 1 aliphatic heterocycles. The molecule has 18 heavy (non-hydrogen) atoms. The van der Waals surface area contributed by atoms with Crippen molar-refractivity contribution >= 4 is 0 Å². The van der Waals surface area contributed by atoms with Crippen molar-refractivity contribution in [3.8, 4) is 5.75 Å². The van der Waals surface area contributed by atoms with Crippen LogP contribution in [0.15, 0.2) is 18.2 Å². The first-order valence-corrected chi connectivity index (χ1v) is 6.75. The Morgan fingerprint density at radius 2 is 2.33 bits per heavy atom. The summed E-state index contributed by atoms with van der Waals surface area (Å²) in [4.78, 5) is 0. The lowest BCUT2D eigenvalue weighted by Crippen LogP contribution is -2.08. The maximum absolute atomic E-state index is 9.27. The lowest BCUT2D eigenvalue weighted by Gasteiger charge is -2.14. The van der Waals surface area contributed by atoms with Gasteiger partial charge in [-0.05, 0) is 38.2 Å². The largest absolute Gasteiger partial charge is 0.493 e. The topological polar surface area (TPSA) is 38.7 Å². The molecule has 3 nitrogen and oxygen atoms in total. The van der Waals surface area contributed by atoms with Crippen LogP contribution in [0.25, 0.3) is 0 Å². The Morgan fingerprint density at radius 1 is 1.44 bits per heavy atom. The van der Waals surface area contributed by atoms with Gasteiger partial charge in [0.05, 0.1) is 19.3 Å². The second-order valence-electron chi connectivity index (χ2n) is 4.85. The van der Waals surface area contributed by atoms with Crippen LogP contribution in [0.5, 0.6) is 5.75 Å². The van der Waals surface area contributed by atoms with E-state index in [0.29, 0.717) is 12.7 Å². The lowest BCUT2D eigenvalue weighted by molar-refractivity contribution is 0.0979. The van der Waals surface area contributed by atoms with Gasteiger partial charge in [-0.15, -0.1) is 0 Å². The van der Waals surface area contributed by atoms with Crippen LogP contribution in [-0.4, -0.2) is 24.4 Å². The minimum Gasteiger partial charge on any atom is -0.493 e. The molecule has 1 N–H and O–H groups in total. The van der Waals surface area contributed by atoms with E-state index in [2.05, 4.69) is 0 Å². The summed E-state index contributed by atoms with van der Waals surface area (Å²) in [5, 5.41) is 9.27. The first kappa shape index (κ1) is 13.4. The summed E-state index contributed by atoms with van der Waals surface area (Å²) in [6.45, 7) is 3.65. The van der Waals surface area contributed by atoms with Gasteiger partial charge in [0.1, 0.15) is 5.75 Å². The fourth-order valence-corrected chi connectivity index (χ4v) is 2.40. The van der Waals surface area contributed by atoms with Gasteiger partial charge >= 0.3 is 0 Å². The molecule has 1 fully saturated rings. The number of para-hydroxylation sites is 1. The predicted molar refractivity (Wildman–Crippen MR) is 70.8 cm³/mol. The Bertz CT molecular complexity index is 370. The third-order valence-electron chi connectivity index (χ3n) is 3.40. The van der Waals surface area contributed by atoms with Crippen molar-refractivity contribution in [1.29, 1.82) is 0 Å². The monoisotopic (exact) mass is 250 g/mol. The van der Waals surface area contributed by atoms with Gasteiger partial charge in [0.25, 0.3) is 0 Å². The summed E-state index contributed by atoms with van der Waals surface area (Å²) in [6.07, 6.45) is 4.89. The molecule has 1 aromatic carbocycles.